The Morgan fingerprint density at radius 3 is 0.947 bits per heavy atom. The second-order valence-corrected chi connectivity index (χ2v) is 4.33. The summed E-state index contributed by atoms with van der Waals surface area (Å²) in [7, 11) is 0. The van der Waals surface area contributed by atoms with Gasteiger partial charge in [0, 0.05) is 0 Å². The Bertz CT molecular complexity index is 245. The monoisotopic (exact) mass is 324 g/mol. The molecule has 0 saturated heterocycles. The van der Waals surface area contributed by atoms with E-state index in [4.69, 9.17) is 20.4 Å². The first-order chi connectivity index (χ1) is 8.13. The molecular formula is C10H18NiO8. The van der Waals surface area contributed by atoms with Crippen molar-refractivity contribution >= 4 is 11.9 Å². The third-order valence-corrected chi connectivity index (χ3v) is 2.38. The molecule has 0 spiro atoms. The van der Waals surface area contributed by atoms with Gasteiger partial charge < -0.3 is 40.2 Å². The minimum Gasteiger partial charge on any atom is -0.549 e. The van der Waals surface area contributed by atoms with E-state index in [9.17, 15) is 19.8 Å². The predicted molar refractivity (Wildman–Crippen MR) is 54.6 cm³/mol. The molecule has 0 fully saturated rings. The molecule has 4 N–H and O–H groups in total. The van der Waals surface area contributed by atoms with E-state index >= 15 is 0 Å². The standard InChI is InChI=1S/2C5H10O4.Ni/c2*1-5(2-6,3-7)4(8)9;/h2*6-7H,2-3H2,1H3,(H,8,9);/q;;+2/p-2. The van der Waals surface area contributed by atoms with Crippen LogP contribution >= 0.6 is 0 Å². The maximum absolute atomic E-state index is 10.1. The fraction of sp³-hybridized carbons (Fsp3) is 0.800. The van der Waals surface area contributed by atoms with Gasteiger partial charge in [0.25, 0.3) is 0 Å². The minimum absolute atomic E-state index is 0. The number of aliphatic carboxylic acids is 2. The van der Waals surface area contributed by atoms with Crippen LogP contribution < -0.4 is 10.2 Å². The number of carbonyl (C=O) groups excluding carboxylic acids is 2. The summed E-state index contributed by atoms with van der Waals surface area (Å²) < 4.78 is 0. The number of aliphatic hydroxyl groups is 4. The molecule has 0 unspecified atom stereocenters. The first kappa shape index (κ1) is 23.4. The van der Waals surface area contributed by atoms with Gasteiger partial charge >= 0.3 is 16.5 Å². The number of hydrogen-bond donors (Lipinski definition) is 4. The molecule has 0 atom stereocenters. The molecule has 0 saturated carbocycles. The first-order valence-corrected chi connectivity index (χ1v) is 5.00. The Balaban J connectivity index is -0.000000256. The van der Waals surface area contributed by atoms with Crippen LogP contribution in [-0.2, 0) is 26.1 Å². The third-order valence-electron chi connectivity index (χ3n) is 2.38. The molecule has 9 heteroatoms. The van der Waals surface area contributed by atoms with E-state index in [1.165, 1.54) is 13.8 Å². The van der Waals surface area contributed by atoms with Crippen molar-refractivity contribution in [1.82, 2.24) is 0 Å². The van der Waals surface area contributed by atoms with Crippen LogP contribution in [0.1, 0.15) is 13.8 Å². The zero-order valence-corrected chi connectivity index (χ0v) is 11.6. The van der Waals surface area contributed by atoms with Crippen LogP contribution in [0.2, 0.25) is 0 Å². The van der Waals surface area contributed by atoms with Gasteiger partial charge in [-0.3, -0.25) is 0 Å². The number of carboxylic acids is 2. The van der Waals surface area contributed by atoms with Crippen LogP contribution in [0.4, 0.5) is 0 Å². The van der Waals surface area contributed by atoms with Crippen LogP contribution in [0.25, 0.3) is 0 Å². The van der Waals surface area contributed by atoms with Crippen molar-refractivity contribution < 1.29 is 56.7 Å². The van der Waals surface area contributed by atoms with Gasteiger partial charge in [0.2, 0.25) is 0 Å². The predicted octanol–water partition coefficient (Wildman–Crippen LogP) is -4.55. The summed E-state index contributed by atoms with van der Waals surface area (Å²) in [5.41, 5.74) is -3.00. The summed E-state index contributed by atoms with van der Waals surface area (Å²) in [6, 6.07) is 0. The summed E-state index contributed by atoms with van der Waals surface area (Å²) in [5.74, 6) is -2.87. The van der Waals surface area contributed by atoms with Crippen molar-refractivity contribution in [2.24, 2.45) is 10.8 Å². The Morgan fingerprint density at radius 2 is 0.947 bits per heavy atom. The van der Waals surface area contributed by atoms with Gasteiger partial charge in [-0.05, 0) is 13.8 Å². The average molecular weight is 325 g/mol. The maximum Gasteiger partial charge on any atom is 2.00 e. The van der Waals surface area contributed by atoms with Crippen LogP contribution in [0.15, 0.2) is 0 Å². The Kier molecular flexibility index (Phi) is 12.4. The zero-order chi connectivity index (χ0) is 15.0. The van der Waals surface area contributed by atoms with Gasteiger partial charge in [-0.25, -0.2) is 0 Å². The van der Waals surface area contributed by atoms with E-state index in [0.717, 1.165) is 0 Å². The fourth-order valence-electron chi connectivity index (χ4n) is 0.358. The van der Waals surface area contributed by atoms with E-state index in [-0.39, 0.29) is 16.5 Å². The van der Waals surface area contributed by atoms with E-state index in [2.05, 4.69) is 0 Å². The topological polar surface area (TPSA) is 161 Å². The minimum atomic E-state index is -1.50. The number of carboxylic acid groups (broad SMARTS) is 2. The van der Waals surface area contributed by atoms with E-state index in [0.29, 0.717) is 0 Å². The summed E-state index contributed by atoms with van der Waals surface area (Å²) in [6.07, 6.45) is 0. The van der Waals surface area contributed by atoms with Gasteiger partial charge in [-0.2, -0.15) is 0 Å². The number of aliphatic hydroxyl groups excluding tert-OH is 4. The van der Waals surface area contributed by atoms with Gasteiger partial charge in [0.15, 0.2) is 0 Å². The molecular weight excluding hydrogens is 307 g/mol. The van der Waals surface area contributed by atoms with Crippen molar-refractivity contribution in [2.75, 3.05) is 26.4 Å². The molecule has 0 radical (unpaired) electrons. The van der Waals surface area contributed by atoms with Crippen molar-refractivity contribution in [3.63, 3.8) is 0 Å². The second-order valence-electron chi connectivity index (χ2n) is 4.33. The van der Waals surface area contributed by atoms with Gasteiger partial charge in [-0.1, -0.05) is 0 Å². The molecule has 116 valence electrons. The SMILES string of the molecule is CC(CO)(CO)C(=O)[O-].CC(CO)(CO)C(=O)[O-].[Ni+2]. The fourth-order valence-corrected chi connectivity index (χ4v) is 0.358. The molecule has 0 aromatic rings. The second kappa shape index (κ2) is 10.1. The van der Waals surface area contributed by atoms with Crippen LogP contribution in [0, 0.1) is 10.8 Å². The van der Waals surface area contributed by atoms with Crippen molar-refractivity contribution in [3.05, 3.63) is 0 Å². The Labute approximate surface area is 120 Å². The van der Waals surface area contributed by atoms with Gasteiger partial charge in [0.1, 0.15) is 0 Å². The number of carbonyl (C=O) groups is 2. The molecule has 0 heterocycles. The molecule has 0 aliphatic rings. The summed E-state index contributed by atoms with van der Waals surface area (Å²) in [4.78, 5) is 20.1. The number of hydrogen-bond acceptors (Lipinski definition) is 8. The van der Waals surface area contributed by atoms with Crippen molar-refractivity contribution in [1.29, 1.82) is 0 Å². The molecule has 8 nitrogen and oxygen atoms in total. The van der Waals surface area contributed by atoms with Crippen molar-refractivity contribution in [2.45, 2.75) is 13.8 Å². The molecule has 0 aromatic heterocycles. The van der Waals surface area contributed by atoms with Gasteiger partial charge in [0.05, 0.1) is 49.2 Å². The molecule has 0 amide bonds. The maximum atomic E-state index is 10.1. The van der Waals surface area contributed by atoms with Crippen LogP contribution in [0.5, 0.6) is 0 Å². The first-order valence-electron chi connectivity index (χ1n) is 5.00. The normalized spacial score (nSPS) is 10.8. The van der Waals surface area contributed by atoms with Gasteiger partial charge in [-0.15, -0.1) is 0 Å². The summed E-state index contributed by atoms with van der Waals surface area (Å²) >= 11 is 0. The largest absolute Gasteiger partial charge is 2.00 e. The Hall–Kier alpha value is -0.726. The van der Waals surface area contributed by atoms with E-state index in [1.54, 1.807) is 0 Å². The van der Waals surface area contributed by atoms with Crippen LogP contribution in [-0.4, -0.2) is 58.8 Å². The summed E-state index contributed by atoms with van der Waals surface area (Å²) in [6.45, 7) is -0.00000000000000133. The van der Waals surface area contributed by atoms with E-state index in [1.807, 2.05) is 0 Å². The zero-order valence-electron chi connectivity index (χ0n) is 10.6. The summed E-state index contributed by atoms with van der Waals surface area (Å²) in [5, 5.41) is 53.6. The van der Waals surface area contributed by atoms with Crippen LogP contribution in [0.3, 0.4) is 0 Å². The Morgan fingerprint density at radius 1 is 0.789 bits per heavy atom. The van der Waals surface area contributed by atoms with Crippen molar-refractivity contribution in [3.8, 4) is 0 Å². The molecule has 0 aliphatic carbocycles. The quantitative estimate of drug-likeness (QED) is 0.355. The average Bonchev–Trinajstić information content (AvgIpc) is 2.36. The number of rotatable bonds is 6. The molecule has 0 aromatic carbocycles. The molecule has 0 rings (SSSR count). The molecule has 19 heavy (non-hydrogen) atoms. The molecule has 0 aliphatic heterocycles. The van der Waals surface area contributed by atoms with E-state index < -0.39 is 49.2 Å². The third kappa shape index (κ3) is 7.44. The smallest absolute Gasteiger partial charge is 0.549 e. The molecule has 0 bridgehead atoms.